The van der Waals surface area contributed by atoms with E-state index in [4.69, 9.17) is 54.6 Å². The summed E-state index contributed by atoms with van der Waals surface area (Å²) in [7, 11) is 4.77. The molecule has 0 saturated heterocycles. The van der Waals surface area contributed by atoms with Gasteiger partial charge in [-0.1, -0.05) is 65.7 Å². The van der Waals surface area contributed by atoms with Crippen molar-refractivity contribution in [3.63, 3.8) is 0 Å². The Morgan fingerprint density at radius 3 is 1.42 bits per heavy atom. The van der Waals surface area contributed by atoms with Crippen molar-refractivity contribution in [3.05, 3.63) is 172 Å². The molecule has 9 aromatic rings. The molecule has 15 nitrogen and oxygen atoms in total. The van der Waals surface area contributed by atoms with Gasteiger partial charge in [0.25, 0.3) is 17.7 Å². The molecule has 18 heteroatoms. The number of carbonyl (C=O) groups excluding carboxylic acids is 3. The topological polar surface area (TPSA) is 232 Å². The van der Waals surface area contributed by atoms with E-state index in [1.54, 1.807) is 51.3 Å². The number of fused-ring (bicyclic) bond motifs is 3. The number of carbonyl (C=O) groups is 3. The van der Waals surface area contributed by atoms with Crippen molar-refractivity contribution in [3.8, 4) is 17.2 Å². The number of amides is 3. The highest BCUT2D eigenvalue weighted by atomic mass is 35.5. The van der Waals surface area contributed by atoms with E-state index in [1.165, 1.54) is 18.6 Å². The third kappa shape index (κ3) is 11.6. The second kappa shape index (κ2) is 22.9. The van der Waals surface area contributed by atoms with E-state index in [0.29, 0.717) is 72.1 Å². The molecule has 0 saturated carbocycles. The quantitative estimate of drug-likeness (QED) is 0.0591. The number of anilines is 6. The Balaban J connectivity index is 0.000000157. The van der Waals surface area contributed by atoms with E-state index in [0.717, 1.165) is 43.6 Å². The molecule has 9 N–H and O–H groups in total. The van der Waals surface area contributed by atoms with Crippen LogP contribution in [-0.2, 0) is 0 Å². The summed E-state index contributed by atoms with van der Waals surface area (Å²) in [6.45, 7) is 2.00. The number of halogens is 2. The van der Waals surface area contributed by atoms with Gasteiger partial charge in [0.15, 0.2) is 0 Å². The van der Waals surface area contributed by atoms with Gasteiger partial charge in [-0.2, -0.15) is 0 Å². The van der Waals surface area contributed by atoms with Gasteiger partial charge in [0.2, 0.25) is 0 Å². The molecule has 9 rings (SSSR count). The van der Waals surface area contributed by atoms with Gasteiger partial charge in [0, 0.05) is 57.5 Å². The number of benzene rings is 6. The van der Waals surface area contributed by atoms with Gasteiger partial charge in [0.05, 0.1) is 93.1 Å². The first-order valence-corrected chi connectivity index (χ1v) is 23.5. The lowest BCUT2D eigenvalue weighted by Crippen LogP contribution is -2.14. The second-order valence-corrected chi connectivity index (χ2v) is 17.0. The van der Waals surface area contributed by atoms with E-state index >= 15 is 0 Å². The number of aryl methyl sites for hydroxylation is 1. The van der Waals surface area contributed by atoms with Crippen molar-refractivity contribution < 1.29 is 28.6 Å². The van der Waals surface area contributed by atoms with Crippen LogP contribution in [0.25, 0.3) is 32.7 Å². The van der Waals surface area contributed by atoms with Crippen LogP contribution in [0.5, 0.6) is 17.2 Å². The number of nitrogens with one attached hydrogen (secondary N) is 3. The van der Waals surface area contributed by atoms with Crippen LogP contribution >= 0.6 is 35.0 Å². The molecule has 6 aromatic carbocycles. The molecule has 0 aliphatic carbocycles. The molecule has 0 radical (unpaired) electrons. The number of nitrogens with two attached hydrogens (primary N) is 3. The van der Waals surface area contributed by atoms with Crippen LogP contribution < -0.4 is 47.4 Å². The predicted molar refractivity (Wildman–Crippen MR) is 286 cm³/mol. The fourth-order valence-electron chi connectivity index (χ4n) is 7.37. The summed E-state index contributed by atoms with van der Waals surface area (Å²) >= 11 is 13.8. The van der Waals surface area contributed by atoms with Crippen molar-refractivity contribution in [2.45, 2.75) is 11.8 Å². The molecule has 0 atom stereocenters. The van der Waals surface area contributed by atoms with E-state index in [1.807, 2.05) is 116 Å². The number of aromatic nitrogens is 3. The molecule has 3 heterocycles. The van der Waals surface area contributed by atoms with E-state index in [-0.39, 0.29) is 5.56 Å². The number of methoxy groups -OCH3 is 3. The zero-order chi connectivity index (χ0) is 50.8. The minimum atomic E-state index is -0.604. The van der Waals surface area contributed by atoms with E-state index in [2.05, 4.69) is 30.9 Å². The maximum atomic E-state index is 11.8. The Bertz CT molecular complexity index is 3470. The number of pyridine rings is 3. The third-order valence-corrected chi connectivity index (χ3v) is 12.5. The average Bonchev–Trinajstić information content (AvgIpc) is 3.37. The summed E-state index contributed by atoms with van der Waals surface area (Å²) in [6, 6.07) is 37.4. The average molecular weight is 1010 g/mol. The first-order chi connectivity index (χ1) is 34.2. The molecule has 71 heavy (non-hydrogen) atoms. The number of primary amides is 3. The van der Waals surface area contributed by atoms with Gasteiger partial charge in [-0.3, -0.25) is 29.3 Å². The molecular formula is C53H47Cl2N9O6S. The summed E-state index contributed by atoms with van der Waals surface area (Å²) in [4.78, 5) is 49.4. The lowest BCUT2D eigenvalue weighted by atomic mass is 10.1. The molecule has 0 aliphatic rings. The van der Waals surface area contributed by atoms with Gasteiger partial charge >= 0.3 is 0 Å². The molecular weight excluding hydrogens is 962 g/mol. The van der Waals surface area contributed by atoms with Gasteiger partial charge in [0.1, 0.15) is 17.2 Å². The minimum absolute atomic E-state index is 0.242. The normalized spacial score (nSPS) is 10.6. The van der Waals surface area contributed by atoms with Crippen molar-refractivity contribution in [1.82, 2.24) is 15.0 Å². The van der Waals surface area contributed by atoms with Crippen LogP contribution in [0.2, 0.25) is 10.0 Å². The number of rotatable bonds is 13. The van der Waals surface area contributed by atoms with Gasteiger partial charge in [-0.05, 0) is 85.5 Å². The molecule has 3 aromatic heterocycles. The van der Waals surface area contributed by atoms with Crippen molar-refractivity contribution in [1.29, 1.82) is 0 Å². The van der Waals surface area contributed by atoms with E-state index in [9.17, 15) is 14.4 Å². The molecule has 0 fully saturated rings. The summed E-state index contributed by atoms with van der Waals surface area (Å²) in [5, 5.41) is 12.9. The van der Waals surface area contributed by atoms with E-state index < -0.39 is 17.7 Å². The van der Waals surface area contributed by atoms with Gasteiger partial charge in [-0.25, -0.2) is 0 Å². The van der Waals surface area contributed by atoms with Crippen LogP contribution in [0, 0.1) is 6.92 Å². The van der Waals surface area contributed by atoms with Crippen LogP contribution in [0.4, 0.5) is 34.1 Å². The summed E-state index contributed by atoms with van der Waals surface area (Å²) in [5.74, 6) is 0.387. The Morgan fingerprint density at radius 1 is 0.507 bits per heavy atom. The summed E-state index contributed by atoms with van der Waals surface area (Å²) in [6.07, 6.45) is 6.40. The Labute approximate surface area is 423 Å². The fraction of sp³-hybridized carbons (Fsp3) is 0.0943. The lowest BCUT2D eigenvalue weighted by molar-refractivity contribution is 0.0992. The van der Waals surface area contributed by atoms with Crippen molar-refractivity contribution in [2.75, 3.05) is 43.5 Å². The van der Waals surface area contributed by atoms with Crippen LogP contribution in [0.15, 0.2) is 145 Å². The van der Waals surface area contributed by atoms with Crippen LogP contribution in [-0.4, -0.2) is 60.3 Å². The van der Waals surface area contributed by atoms with Crippen LogP contribution in [0.1, 0.15) is 36.6 Å². The zero-order valence-corrected chi connectivity index (χ0v) is 41.3. The first kappa shape index (κ1) is 50.6. The summed E-state index contributed by atoms with van der Waals surface area (Å²) < 4.78 is 15.8. The molecule has 0 unspecified atom stereocenters. The predicted octanol–water partition coefficient (Wildman–Crippen LogP) is 11.6. The smallest absolute Gasteiger partial charge is 0.252 e. The van der Waals surface area contributed by atoms with Crippen LogP contribution in [0.3, 0.4) is 0 Å². The second-order valence-electron chi connectivity index (χ2n) is 15.4. The lowest BCUT2D eigenvalue weighted by Gasteiger charge is -2.15. The highest BCUT2D eigenvalue weighted by molar-refractivity contribution is 7.98. The Hall–Kier alpha value is -8.31. The number of ether oxygens (including phenoxy) is 3. The number of hydrogen-bond acceptors (Lipinski definition) is 13. The largest absolute Gasteiger partial charge is 0.497 e. The Morgan fingerprint density at radius 2 is 0.930 bits per heavy atom. The highest BCUT2D eigenvalue weighted by Gasteiger charge is 2.19. The standard InChI is InChI=1S/C18H17N3O2S.C18H17N3O2.C17H13Cl2N3O2/c1-23-11-7-8-12-15(9-11)20-10-13(18(19)22)17(12)21-14-5-3-4-6-16(14)24-2;1-11-5-3-4-6-15(11)21-17-13-8-7-12(23-2)9-16(13)20-10-14(17)18(19)22;1-24-15-5-3-2-4-13(15)22-16-9-6-11(18)12(19)7-14(9)21-8-10(16)17(20)23/h3-10H,1-2H3,(H2,19,22)(H,20,21);3-10H,1-2H3,(H2,19,22)(H,20,21);2-8H,1H3,(H2,20,23)(H,21,22). The van der Waals surface area contributed by atoms with Crippen molar-refractivity contribution in [2.24, 2.45) is 17.2 Å². The maximum Gasteiger partial charge on any atom is 0.252 e. The highest BCUT2D eigenvalue weighted by Crippen LogP contribution is 2.38. The zero-order valence-electron chi connectivity index (χ0n) is 39.0. The molecule has 3 amide bonds. The molecule has 360 valence electrons. The number of hydrogen-bond donors (Lipinski definition) is 6. The number of para-hydroxylation sites is 4. The molecule has 0 bridgehead atoms. The SMILES string of the molecule is COc1ccc2c(Nc3ccccc3C)c(C(N)=O)cnc2c1.COc1ccc2c(Nc3ccccc3SC)c(C(N)=O)cnc2c1.COc1ccccc1Nc1c(C(N)=O)cnc2cc(Cl)c(Cl)cc12. The summed E-state index contributed by atoms with van der Waals surface area (Å²) in [5.41, 5.74) is 24.9. The minimum Gasteiger partial charge on any atom is -0.497 e. The number of thioether (sulfide) groups is 1. The van der Waals surface area contributed by atoms with Crippen molar-refractivity contribution >= 4 is 120 Å². The first-order valence-electron chi connectivity index (χ1n) is 21.5. The monoisotopic (exact) mass is 1010 g/mol. The van der Waals surface area contributed by atoms with Gasteiger partial charge in [-0.15, -0.1) is 11.8 Å². The molecule has 0 aliphatic heterocycles. The number of nitrogens with zero attached hydrogens (tertiary/aromatic N) is 3. The molecule has 0 spiro atoms. The fourth-order valence-corrected chi connectivity index (χ4v) is 8.24. The Kier molecular flexibility index (Phi) is 16.3. The third-order valence-electron chi connectivity index (χ3n) is 11.0. The maximum absolute atomic E-state index is 11.8. The van der Waals surface area contributed by atoms with Gasteiger partial charge < -0.3 is 47.4 Å².